The van der Waals surface area contributed by atoms with E-state index in [2.05, 4.69) is 32.0 Å². The zero-order valence-electron chi connectivity index (χ0n) is 17.8. The van der Waals surface area contributed by atoms with Crippen molar-refractivity contribution < 1.29 is 9.53 Å². The minimum Gasteiger partial charge on any atom is -0.422 e. The fraction of sp³-hybridized carbons (Fsp3) is 0.462. The molecule has 1 fully saturated rings. The maximum absolute atomic E-state index is 12.5. The van der Waals surface area contributed by atoms with Crippen molar-refractivity contribution in [1.29, 1.82) is 5.26 Å². The van der Waals surface area contributed by atoms with Gasteiger partial charge in [-0.25, -0.2) is 4.79 Å². The van der Waals surface area contributed by atoms with E-state index >= 15 is 0 Å². The van der Waals surface area contributed by atoms with E-state index < -0.39 is 5.97 Å². The lowest BCUT2D eigenvalue weighted by Crippen LogP contribution is -2.16. The van der Waals surface area contributed by atoms with Crippen molar-refractivity contribution in [2.75, 3.05) is 0 Å². The fourth-order valence-electron chi connectivity index (χ4n) is 4.34. The summed E-state index contributed by atoms with van der Waals surface area (Å²) in [6.07, 6.45) is 7.72. The van der Waals surface area contributed by atoms with Gasteiger partial charge in [0.2, 0.25) is 0 Å². The Morgan fingerprint density at radius 1 is 1.14 bits per heavy atom. The third kappa shape index (κ3) is 5.48. The molecule has 1 aliphatic rings. The molecule has 0 amide bonds. The molecule has 1 aliphatic carbocycles. The highest BCUT2D eigenvalue weighted by Gasteiger charge is 2.23. The number of nitriles is 1. The molecule has 0 radical (unpaired) electrons. The van der Waals surface area contributed by atoms with Crippen LogP contribution in [0.4, 0.5) is 0 Å². The van der Waals surface area contributed by atoms with Gasteiger partial charge in [-0.15, -0.1) is 0 Å². The van der Waals surface area contributed by atoms with Crippen LogP contribution < -0.4 is 4.74 Å². The molecule has 1 atom stereocenters. The first-order valence-electron chi connectivity index (χ1n) is 10.8. The van der Waals surface area contributed by atoms with Crippen molar-refractivity contribution in [2.24, 2.45) is 11.8 Å². The zero-order valence-corrected chi connectivity index (χ0v) is 17.8. The minimum atomic E-state index is -0.422. The third-order valence-corrected chi connectivity index (χ3v) is 6.36. The van der Waals surface area contributed by atoms with E-state index in [0.29, 0.717) is 22.8 Å². The molecule has 0 bridgehead atoms. The van der Waals surface area contributed by atoms with Gasteiger partial charge in [0.25, 0.3) is 0 Å². The summed E-state index contributed by atoms with van der Waals surface area (Å²) in [4.78, 5) is 12.5. The highest BCUT2D eigenvalue weighted by atomic mass is 16.5. The number of hydrogen-bond acceptors (Lipinski definition) is 3. The summed E-state index contributed by atoms with van der Waals surface area (Å²) in [5.41, 5.74) is 3.17. The van der Waals surface area contributed by atoms with Gasteiger partial charge in [-0.1, -0.05) is 38.5 Å². The summed E-state index contributed by atoms with van der Waals surface area (Å²) in [5, 5.41) is 9.25. The predicted octanol–water partition coefficient (Wildman–Crippen LogP) is 6.80. The maximum atomic E-state index is 12.5. The van der Waals surface area contributed by atoms with Crippen LogP contribution in [0.3, 0.4) is 0 Å². The van der Waals surface area contributed by atoms with E-state index in [-0.39, 0.29) is 0 Å². The van der Waals surface area contributed by atoms with Gasteiger partial charge in [-0.2, -0.15) is 5.26 Å². The molecule has 1 unspecified atom stereocenters. The molecule has 0 saturated heterocycles. The van der Waals surface area contributed by atoms with Crippen LogP contribution in [0.1, 0.15) is 85.3 Å². The van der Waals surface area contributed by atoms with E-state index in [1.807, 2.05) is 25.1 Å². The van der Waals surface area contributed by atoms with Crippen LogP contribution in [-0.4, -0.2) is 5.97 Å². The number of aryl methyl sites for hydroxylation is 1. The highest BCUT2D eigenvalue weighted by molar-refractivity contribution is 5.91. The molecule has 29 heavy (non-hydrogen) atoms. The number of esters is 1. The number of ether oxygens (including phenoxy) is 1. The van der Waals surface area contributed by atoms with Crippen LogP contribution in [0.2, 0.25) is 0 Å². The second kappa shape index (κ2) is 9.74. The highest BCUT2D eigenvalue weighted by Crippen LogP contribution is 2.38. The quantitative estimate of drug-likeness (QED) is 0.403. The summed E-state index contributed by atoms with van der Waals surface area (Å²) in [6, 6.07) is 15.2. The van der Waals surface area contributed by atoms with Gasteiger partial charge in [0.05, 0.1) is 11.1 Å². The van der Waals surface area contributed by atoms with Gasteiger partial charge in [-0.05, 0) is 92.2 Å². The minimum absolute atomic E-state index is 0.312. The van der Waals surface area contributed by atoms with Crippen molar-refractivity contribution in [3.8, 4) is 11.8 Å². The molecule has 3 nitrogen and oxygen atoms in total. The Hall–Kier alpha value is -2.60. The monoisotopic (exact) mass is 389 g/mol. The van der Waals surface area contributed by atoms with Crippen molar-refractivity contribution in [3.63, 3.8) is 0 Å². The molecule has 3 heteroatoms. The molecular formula is C26H31NO2. The van der Waals surface area contributed by atoms with Crippen molar-refractivity contribution in [2.45, 2.75) is 65.2 Å². The average Bonchev–Trinajstić information content (AvgIpc) is 2.75. The molecule has 1 saturated carbocycles. The number of carbonyl (C=O) groups excluding carboxylic acids is 1. The Morgan fingerprint density at radius 2 is 1.83 bits per heavy atom. The first kappa shape index (κ1) is 21.1. The largest absolute Gasteiger partial charge is 0.422 e. The van der Waals surface area contributed by atoms with Crippen LogP contribution in [0.25, 0.3) is 0 Å². The summed E-state index contributed by atoms with van der Waals surface area (Å²) in [6.45, 7) is 6.55. The predicted molar refractivity (Wildman–Crippen MR) is 116 cm³/mol. The van der Waals surface area contributed by atoms with Crippen LogP contribution in [-0.2, 0) is 0 Å². The van der Waals surface area contributed by atoms with E-state index in [9.17, 15) is 10.1 Å². The zero-order chi connectivity index (χ0) is 20.8. The molecule has 0 spiro atoms. The number of benzene rings is 2. The summed E-state index contributed by atoms with van der Waals surface area (Å²) in [5.74, 6) is 2.19. The SMILES string of the molecule is CCC(C)CC1CCC(c2ccc(C(=O)Oc3ccc(C)cc3C#N)cc2)CC1. The number of carbonyl (C=O) groups is 1. The first-order chi connectivity index (χ1) is 14.0. The van der Waals surface area contributed by atoms with Crippen LogP contribution >= 0.6 is 0 Å². The third-order valence-electron chi connectivity index (χ3n) is 6.36. The fourth-order valence-corrected chi connectivity index (χ4v) is 4.34. The summed E-state index contributed by atoms with van der Waals surface area (Å²) in [7, 11) is 0. The Balaban J connectivity index is 1.59. The van der Waals surface area contributed by atoms with Crippen molar-refractivity contribution in [3.05, 3.63) is 64.7 Å². The normalized spacial score (nSPS) is 19.9. The van der Waals surface area contributed by atoms with Gasteiger partial charge < -0.3 is 4.74 Å². The second-order valence-corrected chi connectivity index (χ2v) is 8.59. The second-order valence-electron chi connectivity index (χ2n) is 8.59. The summed E-state index contributed by atoms with van der Waals surface area (Å²) < 4.78 is 5.46. The Labute approximate surface area is 174 Å². The number of nitrogens with zero attached hydrogens (tertiary/aromatic N) is 1. The van der Waals surface area contributed by atoms with Crippen LogP contribution in [0.5, 0.6) is 5.75 Å². The molecule has 0 N–H and O–H groups in total. The lowest BCUT2D eigenvalue weighted by Gasteiger charge is -2.30. The van der Waals surface area contributed by atoms with Gasteiger partial charge in [0, 0.05) is 0 Å². The lowest BCUT2D eigenvalue weighted by molar-refractivity contribution is 0.0734. The van der Waals surface area contributed by atoms with Crippen LogP contribution in [0, 0.1) is 30.1 Å². The molecule has 0 heterocycles. The first-order valence-corrected chi connectivity index (χ1v) is 10.8. The van der Waals surface area contributed by atoms with E-state index in [1.165, 1.54) is 44.1 Å². The van der Waals surface area contributed by atoms with Crippen molar-refractivity contribution >= 4 is 5.97 Å². The van der Waals surface area contributed by atoms with E-state index in [4.69, 9.17) is 4.74 Å². The molecule has 2 aromatic carbocycles. The Kier molecular flexibility index (Phi) is 7.09. The van der Waals surface area contributed by atoms with Crippen molar-refractivity contribution in [1.82, 2.24) is 0 Å². The smallest absolute Gasteiger partial charge is 0.343 e. The average molecular weight is 390 g/mol. The topological polar surface area (TPSA) is 50.1 Å². The van der Waals surface area contributed by atoms with Gasteiger partial charge in [0.15, 0.2) is 0 Å². The lowest BCUT2D eigenvalue weighted by atomic mass is 9.75. The molecule has 0 aromatic heterocycles. The Bertz CT molecular complexity index is 871. The van der Waals surface area contributed by atoms with Gasteiger partial charge in [0.1, 0.15) is 11.8 Å². The molecule has 152 valence electrons. The number of hydrogen-bond donors (Lipinski definition) is 0. The maximum Gasteiger partial charge on any atom is 0.343 e. The van der Waals surface area contributed by atoms with Gasteiger partial charge >= 0.3 is 5.97 Å². The molecule has 0 aliphatic heterocycles. The van der Waals surface area contributed by atoms with Crippen LogP contribution in [0.15, 0.2) is 42.5 Å². The summed E-state index contributed by atoms with van der Waals surface area (Å²) >= 11 is 0. The van der Waals surface area contributed by atoms with Gasteiger partial charge in [-0.3, -0.25) is 0 Å². The molecule has 2 aromatic rings. The molecular weight excluding hydrogens is 358 g/mol. The van der Waals surface area contributed by atoms with E-state index in [0.717, 1.165) is 17.4 Å². The van der Waals surface area contributed by atoms with E-state index in [1.54, 1.807) is 12.1 Å². The Morgan fingerprint density at radius 3 is 2.45 bits per heavy atom. The standard InChI is InChI=1S/C26H31NO2/c1-4-18(2)15-20-6-8-21(9-7-20)22-10-12-23(13-11-22)26(28)29-25-14-5-19(3)16-24(25)17-27/h5,10-14,16,18,20-21H,4,6-9,15H2,1-3H3. The molecule has 3 rings (SSSR count). The number of rotatable bonds is 6.